The summed E-state index contributed by atoms with van der Waals surface area (Å²) in [5.74, 6) is 0.109. The van der Waals surface area contributed by atoms with Gasteiger partial charge in [0.1, 0.15) is 5.82 Å². The van der Waals surface area contributed by atoms with Crippen LogP contribution >= 0.6 is 11.3 Å². The third-order valence-corrected chi connectivity index (χ3v) is 6.33. The monoisotopic (exact) mass is 418 g/mol. The van der Waals surface area contributed by atoms with E-state index in [0.717, 1.165) is 22.0 Å². The number of rotatable bonds is 5. The number of carbonyl (C=O) groups excluding carboxylic acids is 1. The average molecular weight is 418 g/mol. The van der Waals surface area contributed by atoms with E-state index in [4.69, 9.17) is 4.98 Å². The first-order chi connectivity index (χ1) is 14.6. The van der Waals surface area contributed by atoms with Crippen LogP contribution in [0.15, 0.2) is 67.0 Å². The number of aromatic nitrogens is 3. The molecule has 1 aliphatic rings. The van der Waals surface area contributed by atoms with Gasteiger partial charge in [0.05, 0.1) is 10.6 Å². The molecule has 2 aromatic carbocycles. The Kier molecular flexibility index (Phi) is 4.67. The van der Waals surface area contributed by atoms with Gasteiger partial charge in [-0.1, -0.05) is 59.9 Å². The van der Waals surface area contributed by atoms with Gasteiger partial charge < -0.3 is 9.88 Å². The molecule has 0 radical (unpaired) electrons. The van der Waals surface area contributed by atoms with Gasteiger partial charge in [0.25, 0.3) is 0 Å². The van der Waals surface area contributed by atoms with Crippen molar-refractivity contribution in [2.45, 2.75) is 12.3 Å². The zero-order valence-corrected chi connectivity index (χ0v) is 17.1. The normalized spacial score (nSPS) is 17.7. The van der Waals surface area contributed by atoms with Crippen LogP contribution in [0.3, 0.4) is 0 Å². The molecule has 1 saturated carbocycles. The van der Waals surface area contributed by atoms with Crippen molar-refractivity contribution in [1.29, 1.82) is 0 Å². The molecule has 0 spiro atoms. The van der Waals surface area contributed by atoms with Gasteiger partial charge in [-0.2, -0.15) is 0 Å². The maximum atomic E-state index is 14.0. The highest BCUT2D eigenvalue weighted by molar-refractivity contribution is 7.19. The molecular weight excluding hydrogens is 399 g/mol. The quantitative estimate of drug-likeness (QED) is 0.491. The van der Waals surface area contributed by atoms with Crippen LogP contribution in [0.1, 0.15) is 17.9 Å². The fourth-order valence-electron chi connectivity index (χ4n) is 3.70. The lowest BCUT2D eigenvalue weighted by Gasteiger charge is -2.03. The zero-order valence-electron chi connectivity index (χ0n) is 16.2. The fourth-order valence-corrected chi connectivity index (χ4v) is 4.73. The van der Waals surface area contributed by atoms with E-state index in [-0.39, 0.29) is 23.6 Å². The van der Waals surface area contributed by atoms with Gasteiger partial charge in [0.15, 0.2) is 11.0 Å². The molecule has 4 aromatic rings. The van der Waals surface area contributed by atoms with Gasteiger partial charge in [-0.3, -0.25) is 4.79 Å². The van der Waals surface area contributed by atoms with E-state index in [2.05, 4.69) is 10.3 Å². The number of imidazole rings is 1. The number of carbonyl (C=O) groups is 1. The first-order valence-corrected chi connectivity index (χ1v) is 10.5. The Morgan fingerprint density at radius 3 is 2.67 bits per heavy atom. The number of nitrogens with one attached hydrogen (secondary N) is 1. The molecule has 1 fully saturated rings. The number of halogens is 1. The minimum absolute atomic E-state index is 0.0752. The third-order valence-electron chi connectivity index (χ3n) is 5.36. The molecule has 30 heavy (non-hydrogen) atoms. The molecule has 5 nitrogen and oxygen atoms in total. The van der Waals surface area contributed by atoms with E-state index in [9.17, 15) is 9.18 Å². The van der Waals surface area contributed by atoms with Gasteiger partial charge >= 0.3 is 0 Å². The maximum absolute atomic E-state index is 14.0. The summed E-state index contributed by atoms with van der Waals surface area (Å²) in [6.45, 7) is 0. The van der Waals surface area contributed by atoms with Gasteiger partial charge in [-0.25, -0.2) is 14.4 Å². The number of amides is 1. The molecular formula is C23H19FN4OS. The van der Waals surface area contributed by atoms with Crippen molar-refractivity contribution >= 4 is 22.4 Å². The minimum Gasteiger partial charge on any atom is -0.333 e. The standard InChI is InChI=1S/C23H19FN4OS/c1-28-12-11-25-21(28)20-19(14-7-3-2-4-8-14)26-23(30-20)27-22(29)17-13-16(17)15-9-5-6-10-18(15)24/h2-12,16-17H,13H2,1H3,(H,26,27,29)/t16-,17+/m1/s1. The van der Waals surface area contributed by atoms with Crippen LogP contribution in [0.2, 0.25) is 0 Å². The predicted octanol–water partition coefficient (Wildman–Crippen LogP) is 5.09. The number of benzene rings is 2. The minimum atomic E-state index is -0.254. The lowest BCUT2D eigenvalue weighted by atomic mass is 10.1. The second-order valence-electron chi connectivity index (χ2n) is 7.38. The average Bonchev–Trinajstić information content (AvgIpc) is 3.27. The Morgan fingerprint density at radius 2 is 1.93 bits per heavy atom. The van der Waals surface area contributed by atoms with Gasteiger partial charge in [-0.15, -0.1) is 0 Å². The smallest absolute Gasteiger partial charge is 0.229 e. The summed E-state index contributed by atoms with van der Waals surface area (Å²) in [5, 5.41) is 3.47. The van der Waals surface area contributed by atoms with Crippen LogP contribution in [0.4, 0.5) is 9.52 Å². The first kappa shape index (κ1) is 18.7. The summed E-state index contributed by atoms with van der Waals surface area (Å²) in [6, 6.07) is 16.5. The van der Waals surface area contributed by atoms with Crippen LogP contribution in [0.5, 0.6) is 0 Å². The van der Waals surface area contributed by atoms with Crippen LogP contribution in [-0.4, -0.2) is 20.4 Å². The summed E-state index contributed by atoms with van der Waals surface area (Å²) < 4.78 is 16.0. The second-order valence-corrected chi connectivity index (χ2v) is 8.38. The fraction of sp³-hybridized carbons (Fsp3) is 0.174. The Morgan fingerprint density at radius 1 is 1.17 bits per heavy atom. The zero-order chi connectivity index (χ0) is 20.7. The van der Waals surface area contributed by atoms with Crippen LogP contribution in [0, 0.1) is 11.7 Å². The number of anilines is 1. The van der Waals surface area contributed by atoms with Crippen molar-refractivity contribution in [3.05, 3.63) is 78.4 Å². The van der Waals surface area contributed by atoms with Gasteiger partial charge in [0.2, 0.25) is 5.91 Å². The molecule has 0 saturated heterocycles. The van der Waals surface area contributed by atoms with Crippen molar-refractivity contribution in [2.75, 3.05) is 5.32 Å². The number of aryl methyl sites for hydroxylation is 1. The van der Waals surface area contributed by atoms with E-state index in [0.29, 0.717) is 17.1 Å². The topological polar surface area (TPSA) is 59.8 Å². The highest BCUT2D eigenvalue weighted by Crippen LogP contribution is 2.49. The van der Waals surface area contributed by atoms with Gasteiger partial charge in [-0.05, 0) is 24.0 Å². The Bertz CT molecular complexity index is 1220. The maximum Gasteiger partial charge on any atom is 0.229 e. The molecule has 1 amide bonds. The molecule has 1 N–H and O–H groups in total. The highest BCUT2D eigenvalue weighted by Gasteiger charge is 2.45. The number of nitrogens with zero attached hydrogens (tertiary/aromatic N) is 3. The van der Waals surface area contributed by atoms with Gasteiger partial charge in [0, 0.05) is 30.9 Å². The predicted molar refractivity (Wildman–Crippen MR) is 116 cm³/mol. The third kappa shape index (κ3) is 3.41. The molecule has 5 rings (SSSR count). The Labute approximate surface area is 177 Å². The van der Waals surface area contributed by atoms with E-state index in [1.165, 1.54) is 17.4 Å². The second kappa shape index (κ2) is 7.50. The molecule has 0 aliphatic heterocycles. The summed E-state index contributed by atoms with van der Waals surface area (Å²) in [7, 11) is 1.93. The summed E-state index contributed by atoms with van der Waals surface area (Å²) in [5.41, 5.74) is 2.35. The van der Waals surface area contributed by atoms with Crippen molar-refractivity contribution in [1.82, 2.24) is 14.5 Å². The number of hydrogen-bond donors (Lipinski definition) is 1. The Balaban J connectivity index is 1.42. The van der Waals surface area contributed by atoms with E-state index in [1.54, 1.807) is 24.4 Å². The lowest BCUT2D eigenvalue weighted by molar-refractivity contribution is -0.117. The molecule has 0 bridgehead atoms. The van der Waals surface area contributed by atoms with E-state index in [1.807, 2.05) is 48.1 Å². The molecule has 1 aliphatic carbocycles. The van der Waals surface area contributed by atoms with Crippen LogP contribution in [0.25, 0.3) is 22.0 Å². The number of thiazole rings is 1. The van der Waals surface area contributed by atoms with Crippen LogP contribution < -0.4 is 5.32 Å². The van der Waals surface area contributed by atoms with E-state index >= 15 is 0 Å². The molecule has 0 unspecified atom stereocenters. The molecule has 2 atom stereocenters. The number of hydrogen-bond acceptors (Lipinski definition) is 4. The first-order valence-electron chi connectivity index (χ1n) is 9.71. The Hall–Kier alpha value is -3.32. The van der Waals surface area contributed by atoms with Crippen molar-refractivity contribution < 1.29 is 9.18 Å². The van der Waals surface area contributed by atoms with E-state index < -0.39 is 0 Å². The summed E-state index contributed by atoms with van der Waals surface area (Å²) in [4.78, 5) is 22.8. The molecule has 2 heterocycles. The van der Waals surface area contributed by atoms with Crippen LogP contribution in [-0.2, 0) is 11.8 Å². The molecule has 150 valence electrons. The molecule has 7 heteroatoms. The summed E-state index contributed by atoms with van der Waals surface area (Å²) >= 11 is 1.40. The van der Waals surface area contributed by atoms with Crippen molar-refractivity contribution in [2.24, 2.45) is 13.0 Å². The highest BCUT2D eigenvalue weighted by atomic mass is 32.1. The molecule has 2 aromatic heterocycles. The summed E-state index contributed by atoms with van der Waals surface area (Å²) in [6.07, 6.45) is 4.27. The van der Waals surface area contributed by atoms with Crippen molar-refractivity contribution in [3.8, 4) is 22.0 Å². The van der Waals surface area contributed by atoms with Crippen molar-refractivity contribution in [3.63, 3.8) is 0 Å². The SMILES string of the molecule is Cn1ccnc1-c1sc(NC(=O)[C@H]2C[C@@H]2c2ccccc2F)nc1-c1ccccc1. The largest absolute Gasteiger partial charge is 0.333 e. The lowest BCUT2D eigenvalue weighted by Crippen LogP contribution is -2.14.